The Hall–Kier alpha value is -3.64. The van der Waals surface area contributed by atoms with Gasteiger partial charge in [0.05, 0.1) is 12.7 Å². The van der Waals surface area contributed by atoms with E-state index in [2.05, 4.69) is 10.3 Å². The third kappa shape index (κ3) is 4.29. The van der Waals surface area contributed by atoms with Gasteiger partial charge in [0.15, 0.2) is 5.58 Å². The van der Waals surface area contributed by atoms with Crippen molar-refractivity contribution < 1.29 is 13.9 Å². The van der Waals surface area contributed by atoms with Crippen LogP contribution in [0.3, 0.4) is 0 Å². The summed E-state index contributed by atoms with van der Waals surface area (Å²) in [5, 5.41) is 3.13. The maximum atomic E-state index is 13.0. The molecule has 0 bridgehead atoms. The lowest BCUT2D eigenvalue weighted by Crippen LogP contribution is -2.49. The molecule has 1 fully saturated rings. The van der Waals surface area contributed by atoms with Gasteiger partial charge in [0.1, 0.15) is 17.0 Å². The number of methoxy groups -OCH3 is 1. The maximum absolute atomic E-state index is 13.0. The molecule has 0 saturated heterocycles. The van der Waals surface area contributed by atoms with E-state index in [0.29, 0.717) is 16.9 Å². The number of nitrogens with one attached hydrogen (secondary N) is 1. The van der Waals surface area contributed by atoms with Crippen LogP contribution < -0.4 is 15.8 Å². The monoisotopic (exact) mass is 455 g/mol. The topological polar surface area (TPSA) is 90.4 Å². The van der Waals surface area contributed by atoms with Crippen molar-refractivity contribution in [3.05, 3.63) is 71.9 Å². The molecule has 3 N–H and O–H groups in total. The molecule has 2 unspecified atom stereocenters. The molecule has 1 amide bonds. The Labute approximate surface area is 199 Å². The van der Waals surface area contributed by atoms with Crippen LogP contribution in [0.15, 0.2) is 65.2 Å². The van der Waals surface area contributed by atoms with Crippen LogP contribution >= 0.6 is 0 Å². The second-order valence-electron chi connectivity index (χ2n) is 9.00. The van der Waals surface area contributed by atoms with Gasteiger partial charge in [-0.25, -0.2) is 0 Å². The summed E-state index contributed by atoms with van der Waals surface area (Å²) in [6.07, 6.45) is 5.86. The van der Waals surface area contributed by atoms with Gasteiger partial charge in [-0.15, -0.1) is 0 Å². The van der Waals surface area contributed by atoms with Crippen LogP contribution in [0, 0.1) is 6.92 Å². The van der Waals surface area contributed by atoms with E-state index in [1.54, 1.807) is 13.3 Å². The zero-order chi connectivity index (χ0) is 23.7. The number of hydrogen-bond donors (Lipinski definition) is 2. The number of aryl methyl sites for hydroxylation is 1. The molecular weight excluding hydrogens is 426 g/mol. The van der Waals surface area contributed by atoms with Gasteiger partial charge in [-0.1, -0.05) is 36.6 Å². The molecule has 6 heteroatoms. The summed E-state index contributed by atoms with van der Waals surface area (Å²) in [5.41, 5.74) is 12.0. The highest BCUT2D eigenvalue weighted by Gasteiger charge is 2.24. The van der Waals surface area contributed by atoms with Gasteiger partial charge in [-0.2, -0.15) is 0 Å². The number of ether oxygens (including phenoxy) is 1. The maximum Gasteiger partial charge on any atom is 0.251 e. The van der Waals surface area contributed by atoms with Gasteiger partial charge in [0.2, 0.25) is 0 Å². The van der Waals surface area contributed by atoms with Crippen molar-refractivity contribution in [2.45, 2.75) is 44.7 Å². The summed E-state index contributed by atoms with van der Waals surface area (Å²) in [5.74, 6) is 1.33. The number of nitrogens with zero attached hydrogens (tertiary/aromatic N) is 1. The molecule has 1 aliphatic rings. The Morgan fingerprint density at radius 2 is 1.94 bits per heavy atom. The fourth-order valence-corrected chi connectivity index (χ4v) is 4.73. The van der Waals surface area contributed by atoms with E-state index in [0.717, 1.165) is 59.2 Å². The summed E-state index contributed by atoms with van der Waals surface area (Å²) in [4.78, 5) is 17.5. The first-order valence-electron chi connectivity index (χ1n) is 11.7. The number of aromatic nitrogens is 1. The van der Waals surface area contributed by atoms with E-state index in [1.807, 2.05) is 61.5 Å². The third-order valence-electron chi connectivity index (χ3n) is 6.60. The van der Waals surface area contributed by atoms with Crippen LogP contribution in [-0.2, 0) is 0 Å². The molecule has 0 spiro atoms. The van der Waals surface area contributed by atoms with Crippen LogP contribution in [0.4, 0.5) is 0 Å². The first-order valence-corrected chi connectivity index (χ1v) is 11.7. The average Bonchev–Trinajstić information content (AvgIpc) is 3.30. The number of pyridine rings is 1. The molecule has 174 valence electrons. The summed E-state index contributed by atoms with van der Waals surface area (Å²) >= 11 is 0. The lowest BCUT2D eigenvalue weighted by atomic mass is 9.91. The Balaban J connectivity index is 1.49. The molecule has 1 saturated carbocycles. The molecule has 4 aromatic rings. The van der Waals surface area contributed by atoms with E-state index in [1.165, 1.54) is 0 Å². The predicted octanol–water partition coefficient (Wildman–Crippen LogP) is 5.48. The van der Waals surface area contributed by atoms with E-state index >= 15 is 0 Å². The van der Waals surface area contributed by atoms with Crippen molar-refractivity contribution >= 4 is 17.0 Å². The molecule has 2 heterocycles. The lowest BCUT2D eigenvalue weighted by Gasteiger charge is -2.29. The van der Waals surface area contributed by atoms with E-state index in [4.69, 9.17) is 14.9 Å². The Kier molecular flexibility index (Phi) is 6.07. The standard InChI is InChI=1S/C28H29N3O3/c1-17-10-11-25(33-2)21(14-17)26-16-24-27(34-26)20(12-13-30-24)18-6-5-7-19(15-18)28(32)31-23-9-4-3-8-22(23)29/h5-7,10-16,22-23H,3-4,8-9,29H2,1-2H3,(H,31,32). The van der Waals surface area contributed by atoms with Crippen LogP contribution in [0.25, 0.3) is 33.6 Å². The van der Waals surface area contributed by atoms with Gasteiger partial charge in [-0.05, 0) is 55.7 Å². The van der Waals surface area contributed by atoms with Crippen molar-refractivity contribution in [3.8, 4) is 28.2 Å². The highest BCUT2D eigenvalue weighted by atomic mass is 16.5. The highest BCUT2D eigenvalue weighted by molar-refractivity contribution is 5.98. The number of carbonyl (C=O) groups excluding carboxylic acids is 1. The highest BCUT2D eigenvalue weighted by Crippen LogP contribution is 2.37. The zero-order valence-corrected chi connectivity index (χ0v) is 19.5. The number of benzene rings is 2. The van der Waals surface area contributed by atoms with Crippen LogP contribution in [-0.4, -0.2) is 30.1 Å². The zero-order valence-electron chi connectivity index (χ0n) is 19.5. The molecule has 2 aromatic carbocycles. The van der Waals surface area contributed by atoms with E-state index in [9.17, 15) is 4.79 Å². The average molecular weight is 456 g/mol. The number of fused-ring (bicyclic) bond motifs is 1. The van der Waals surface area contributed by atoms with Crippen molar-refractivity contribution in [1.82, 2.24) is 10.3 Å². The molecule has 34 heavy (non-hydrogen) atoms. The van der Waals surface area contributed by atoms with E-state index < -0.39 is 0 Å². The van der Waals surface area contributed by atoms with Crippen LogP contribution in [0.5, 0.6) is 5.75 Å². The molecule has 6 nitrogen and oxygen atoms in total. The summed E-state index contributed by atoms with van der Waals surface area (Å²) < 4.78 is 11.9. The van der Waals surface area contributed by atoms with Crippen LogP contribution in [0.2, 0.25) is 0 Å². The minimum Gasteiger partial charge on any atom is -0.496 e. The number of carbonyl (C=O) groups is 1. The minimum absolute atomic E-state index is 0.0147. The minimum atomic E-state index is -0.0980. The Bertz CT molecular complexity index is 1340. The number of nitrogens with two attached hydrogens (primary N) is 1. The molecule has 0 aliphatic heterocycles. The number of furan rings is 1. The second kappa shape index (κ2) is 9.31. The van der Waals surface area contributed by atoms with Crippen molar-refractivity contribution in [2.75, 3.05) is 7.11 Å². The molecule has 0 radical (unpaired) electrons. The number of amides is 1. The molecular formula is C28H29N3O3. The molecule has 5 rings (SSSR count). The van der Waals surface area contributed by atoms with E-state index in [-0.39, 0.29) is 18.0 Å². The molecule has 2 atom stereocenters. The second-order valence-corrected chi connectivity index (χ2v) is 9.00. The Morgan fingerprint density at radius 3 is 2.76 bits per heavy atom. The SMILES string of the molecule is COc1ccc(C)cc1-c1cc2nccc(-c3cccc(C(=O)NC4CCCCC4N)c3)c2o1. The summed E-state index contributed by atoms with van der Waals surface area (Å²) in [6.45, 7) is 2.03. The summed E-state index contributed by atoms with van der Waals surface area (Å²) in [7, 11) is 1.65. The molecule has 2 aromatic heterocycles. The van der Waals surface area contributed by atoms with Crippen molar-refractivity contribution in [1.29, 1.82) is 0 Å². The predicted molar refractivity (Wildman–Crippen MR) is 134 cm³/mol. The van der Waals surface area contributed by atoms with Gasteiger partial charge < -0.3 is 20.2 Å². The quantitative estimate of drug-likeness (QED) is 0.416. The van der Waals surface area contributed by atoms with Crippen molar-refractivity contribution in [2.24, 2.45) is 5.73 Å². The lowest BCUT2D eigenvalue weighted by molar-refractivity contribution is 0.0921. The Morgan fingerprint density at radius 1 is 1.09 bits per heavy atom. The van der Waals surface area contributed by atoms with Gasteiger partial charge in [0.25, 0.3) is 5.91 Å². The van der Waals surface area contributed by atoms with Crippen molar-refractivity contribution in [3.63, 3.8) is 0 Å². The molecule has 1 aliphatic carbocycles. The largest absolute Gasteiger partial charge is 0.496 e. The summed E-state index contributed by atoms with van der Waals surface area (Å²) in [6, 6.07) is 17.5. The number of hydrogen-bond acceptors (Lipinski definition) is 5. The fraction of sp³-hybridized carbons (Fsp3) is 0.286. The number of rotatable bonds is 5. The van der Waals surface area contributed by atoms with Gasteiger partial charge >= 0.3 is 0 Å². The van der Waals surface area contributed by atoms with Crippen LogP contribution in [0.1, 0.15) is 41.6 Å². The first kappa shape index (κ1) is 22.2. The first-order chi connectivity index (χ1) is 16.5. The van der Waals surface area contributed by atoms with Gasteiger partial charge in [0, 0.05) is 35.5 Å². The third-order valence-corrected chi connectivity index (χ3v) is 6.60. The normalized spacial score (nSPS) is 18.1. The van der Waals surface area contributed by atoms with Gasteiger partial charge in [-0.3, -0.25) is 9.78 Å². The fourth-order valence-electron chi connectivity index (χ4n) is 4.73. The smallest absolute Gasteiger partial charge is 0.251 e.